The fourth-order valence-electron chi connectivity index (χ4n) is 3.72. The second-order valence-corrected chi connectivity index (χ2v) is 8.28. The summed E-state index contributed by atoms with van der Waals surface area (Å²) in [4.78, 5) is 36.8. The van der Waals surface area contributed by atoms with Crippen LogP contribution in [0.5, 0.6) is 0 Å². The van der Waals surface area contributed by atoms with E-state index in [1.165, 1.54) is 13.8 Å². The van der Waals surface area contributed by atoms with Crippen molar-refractivity contribution in [2.24, 2.45) is 5.92 Å². The van der Waals surface area contributed by atoms with Crippen LogP contribution in [0.15, 0.2) is 6.07 Å². The number of rotatable bonds is 7. The summed E-state index contributed by atoms with van der Waals surface area (Å²) in [6, 6.07) is 1.14. The van der Waals surface area contributed by atoms with Crippen LogP contribution in [0.1, 0.15) is 57.1 Å². The van der Waals surface area contributed by atoms with Crippen LogP contribution in [0.4, 0.5) is 14.5 Å². The highest BCUT2D eigenvalue weighted by Crippen LogP contribution is 2.50. The number of hydrogen-bond acceptors (Lipinski definition) is 3. The third kappa shape index (κ3) is 3.59. The number of fused-ring (bicyclic) bond motifs is 1. The molecule has 8 heteroatoms. The first kappa shape index (κ1) is 20.2. The van der Waals surface area contributed by atoms with Gasteiger partial charge in [0.25, 0.3) is 0 Å². The molecule has 0 bridgehead atoms. The van der Waals surface area contributed by atoms with Crippen LogP contribution in [0.3, 0.4) is 0 Å². The molecule has 1 heterocycles. The minimum Gasteiger partial charge on any atom is -0.481 e. The smallest absolute Gasteiger partial charge is 0.303 e. The monoisotopic (exact) mass is 394 g/mol. The molecular formula is C20H24F2N2O4. The van der Waals surface area contributed by atoms with Gasteiger partial charge in [0.2, 0.25) is 11.8 Å². The predicted octanol–water partition coefficient (Wildman–Crippen LogP) is 2.69. The molecule has 1 fully saturated rings. The first-order valence-corrected chi connectivity index (χ1v) is 9.36. The van der Waals surface area contributed by atoms with E-state index in [9.17, 15) is 18.8 Å². The molecule has 3 rings (SSSR count). The Morgan fingerprint density at radius 3 is 2.57 bits per heavy atom. The van der Waals surface area contributed by atoms with Crippen molar-refractivity contribution in [2.45, 2.75) is 51.4 Å². The van der Waals surface area contributed by atoms with E-state index in [0.717, 1.165) is 23.8 Å². The normalized spacial score (nSPS) is 18.8. The van der Waals surface area contributed by atoms with E-state index in [2.05, 4.69) is 5.32 Å². The van der Waals surface area contributed by atoms with Gasteiger partial charge in [0.15, 0.2) is 0 Å². The molecule has 1 aliphatic heterocycles. The highest BCUT2D eigenvalue weighted by atomic mass is 19.1. The Morgan fingerprint density at radius 2 is 2.00 bits per heavy atom. The molecule has 1 aromatic rings. The number of carboxylic acid groups (broad SMARTS) is 1. The third-order valence-corrected chi connectivity index (χ3v) is 5.38. The second kappa shape index (κ2) is 7.14. The molecule has 152 valence electrons. The SMILES string of the molecule is CC(CNC(=O)CN1C(=O)C(C)(C)c2c(F)c(C3CC3)cc(F)c21)CC(=O)O. The molecule has 1 aliphatic carbocycles. The number of nitrogens with one attached hydrogen (secondary N) is 1. The van der Waals surface area contributed by atoms with E-state index in [1.807, 2.05) is 0 Å². The van der Waals surface area contributed by atoms with Crippen LogP contribution in [-0.4, -0.2) is 36.0 Å². The van der Waals surface area contributed by atoms with Crippen LogP contribution < -0.4 is 10.2 Å². The zero-order chi connectivity index (χ0) is 20.8. The van der Waals surface area contributed by atoms with Gasteiger partial charge in [-0.3, -0.25) is 19.3 Å². The van der Waals surface area contributed by atoms with Gasteiger partial charge in [-0.15, -0.1) is 0 Å². The zero-order valence-electron chi connectivity index (χ0n) is 16.1. The van der Waals surface area contributed by atoms with Crippen molar-refractivity contribution in [3.05, 3.63) is 28.8 Å². The largest absolute Gasteiger partial charge is 0.481 e. The first-order valence-electron chi connectivity index (χ1n) is 9.36. The molecule has 2 aliphatic rings. The summed E-state index contributed by atoms with van der Waals surface area (Å²) in [5.74, 6) is -3.65. The maximum Gasteiger partial charge on any atom is 0.303 e. The standard InChI is InChI=1S/C20H24F2N2O4/c1-10(6-15(26)27)8-23-14(25)9-24-18-13(21)7-12(11-4-5-11)17(22)16(18)20(2,3)19(24)28/h7,10-11H,4-6,8-9H2,1-3H3,(H,23,25)(H,26,27). The van der Waals surface area contributed by atoms with Gasteiger partial charge in [-0.25, -0.2) is 8.78 Å². The molecular weight excluding hydrogens is 370 g/mol. The predicted molar refractivity (Wildman–Crippen MR) is 98.1 cm³/mol. The summed E-state index contributed by atoms with van der Waals surface area (Å²) in [5.41, 5.74) is -1.15. The number of carbonyl (C=O) groups excluding carboxylic acids is 2. The maximum absolute atomic E-state index is 15.1. The van der Waals surface area contributed by atoms with Crippen molar-refractivity contribution in [2.75, 3.05) is 18.0 Å². The average molecular weight is 394 g/mol. The number of aliphatic carboxylic acids is 1. The van der Waals surface area contributed by atoms with E-state index < -0.39 is 41.4 Å². The van der Waals surface area contributed by atoms with Gasteiger partial charge in [-0.2, -0.15) is 0 Å². The lowest BCUT2D eigenvalue weighted by atomic mass is 9.84. The lowest BCUT2D eigenvalue weighted by Gasteiger charge is -2.20. The zero-order valence-corrected chi connectivity index (χ0v) is 16.1. The van der Waals surface area contributed by atoms with Gasteiger partial charge in [0, 0.05) is 18.5 Å². The number of halogens is 2. The van der Waals surface area contributed by atoms with Crippen molar-refractivity contribution in [1.29, 1.82) is 0 Å². The van der Waals surface area contributed by atoms with Crippen LogP contribution >= 0.6 is 0 Å². The number of nitrogens with zero attached hydrogens (tertiary/aromatic N) is 1. The summed E-state index contributed by atoms with van der Waals surface area (Å²) in [6.07, 6.45) is 1.48. The van der Waals surface area contributed by atoms with Crippen molar-refractivity contribution >= 4 is 23.5 Å². The Balaban J connectivity index is 1.83. The second-order valence-electron chi connectivity index (χ2n) is 8.28. The van der Waals surface area contributed by atoms with Gasteiger partial charge in [-0.1, -0.05) is 6.92 Å². The fraction of sp³-hybridized carbons (Fsp3) is 0.550. The Hall–Kier alpha value is -2.51. The number of carbonyl (C=O) groups is 3. The Bertz CT molecular complexity index is 849. The molecule has 2 amide bonds. The number of hydrogen-bond donors (Lipinski definition) is 2. The van der Waals surface area contributed by atoms with E-state index in [1.54, 1.807) is 6.92 Å². The number of carboxylic acids is 1. The van der Waals surface area contributed by atoms with Crippen molar-refractivity contribution in [3.8, 4) is 0 Å². The summed E-state index contributed by atoms with van der Waals surface area (Å²) >= 11 is 0. The lowest BCUT2D eigenvalue weighted by molar-refractivity contribution is -0.138. The van der Waals surface area contributed by atoms with Crippen LogP contribution in [-0.2, 0) is 19.8 Å². The highest BCUT2D eigenvalue weighted by molar-refractivity contribution is 6.10. The van der Waals surface area contributed by atoms with Gasteiger partial charge in [0.05, 0.1) is 11.1 Å². The molecule has 0 aromatic heterocycles. The van der Waals surface area contributed by atoms with E-state index in [-0.39, 0.29) is 36.1 Å². The minimum atomic E-state index is -1.28. The molecule has 1 atom stereocenters. The Morgan fingerprint density at radius 1 is 1.36 bits per heavy atom. The lowest BCUT2D eigenvalue weighted by Crippen LogP contribution is -2.43. The first-order chi connectivity index (χ1) is 13.0. The number of anilines is 1. The maximum atomic E-state index is 15.1. The Labute approximate surface area is 161 Å². The van der Waals surface area contributed by atoms with Gasteiger partial charge < -0.3 is 10.4 Å². The molecule has 0 saturated heterocycles. The van der Waals surface area contributed by atoms with Crippen LogP contribution in [0, 0.1) is 17.6 Å². The van der Waals surface area contributed by atoms with E-state index in [0.29, 0.717) is 5.56 Å². The van der Waals surface area contributed by atoms with Crippen molar-refractivity contribution in [3.63, 3.8) is 0 Å². The fourth-order valence-corrected chi connectivity index (χ4v) is 3.72. The highest BCUT2D eigenvalue weighted by Gasteiger charge is 2.49. The molecule has 1 aromatic carbocycles. The summed E-state index contributed by atoms with van der Waals surface area (Å²) in [5, 5.41) is 11.3. The quantitative estimate of drug-likeness (QED) is 0.745. The number of amides is 2. The van der Waals surface area contributed by atoms with Crippen molar-refractivity contribution in [1.82, 2.24) is 5.32 Å². The van der Waals surface area contributed by atoms with Gasteiger partial charge in [-0.05, 0) is 50.2 Å². The molecule has 0 radical (unpaired) electrons. The van der Waals surface area contributed by atoms with Crippen LogP contribution in [0.25, 0.3) is 0 Å². The summed E-state index contributed by atoms with van der Waals surface area (Å²) in [7, 11) is 0. The molecule has 2 N–H and O–H groups in total. The van der Waals surface area contributed by atoms with Crippen LogP contribution in [0.2, 0.25) is 0 Å². The van der Waals surface area contributed by atoms with Gasteiger partial charge >= 0.3 is 5.97 Å². The van der Waals surface area contributed by atoms with E-state index in [4.69, 9.17) is 5.11 Å². The molecule has 1 saturated carbocycles. The third-order valence-electron chi connectivity index (χ3n) is 5.38. The Kier molecular flexibility index (Phi) is 5.16. The average Bonchev–Trinajstić information content (AvgIpc) is 3.40. The summed E-state index contributed by atoms with van der Waals surface area (Å²) in [6.45, 7) is 4.39. The molecule has 0 spiro atoms. The molecule has 28 heavy (non-hydrogen) atoms. The van der Waals surface area contributed by atoms with Gasteiger partial charge in [0.1, 0.15) is 18.2 Å². The molecule has 6 nitrogen and oxygen atoms in total. The topological polar surface area (TPSA) is 86.7 Å². The van der Waals surface area contributed by atoms with Crippen molar-refractivity contribution < 1.29 is 28.3 Å². The van der Waals surface area contributed by atoms with E-state index >= 15 is 4.39 Å². The minimum absolute atomic E-state index is 0.00597. The molecule has 1 unspecified atom stereocenters. The summed E-state index contributed by atoms with van der Waals surface area (Å²) < 4.78 is 29.9. The number of benzene rings is 1.